The summed E-state index contributed by atoms with van der Waals surface area (Å²) in [4.78, 5) is 25.5. The monoisotopic (exact) mass is 343 g/mol. The van der Waals surface area contributed by atoms with Crippen LogP contribution < -0.4 is 5.32 Å². The Morgan fingerprint density at radius 3 is 2.73 bits per heavy atom. The second kappa shape index (κ2) is 8.86. The molecule has 0 atom stereocenters. The predicted octanol–water partition coefficient (Wildman–Crippen LogP) is 2.65. The summed E-state index contributed by atoms with van der Waals surface area (Å²) in [5.74, 6) is 1.82. The number of rotatable bonds is 5. The molecule has 0 aliphatic carbocycles. The number of terminal acetylenes is 1. The molecule has 2 rings (SSSR count). The van der Waals surface area contributed by atoms with E-state index < -0.39 is 0 Å². The Kier molecular flexibility index (Phi) is 6.31. The van der Waals surface area contributed by atoms with Gasteiger partial charge in [-0.15, -0.1) is 6.42 Å². The van der Waals surface area contributed by atoms with Gasteiger partial charge in [-0.05, 0) is 35.9 Å². The van der Waals surface area contributed by atoms with E-state index in [1.54, 1.807) is 54.6 Å². The first-order valence-corrected chi connectivity index (χ1v) is 7.82. The number of carbonyl (C=O) groups excluding carboxylic acids is 2. The van der Waals surface area contributed by atoms with Crippen molar-refractivity contribution in [2.75, 3.05) is 18.9 Å². The molecule has 0 heterocycles. The zero-order chi connectivity index (χ0) is 18.9. The number of nitriles is 1. The van der Waals surface area contributed by atoms with Crippen LogP contribution in [0.1, 0.15) is 16.7 Å². The smallest absolute Gasteiger partial charge is 0.246 e. The highest BCUT2D eigenvalue weighted by molar-refractivity contribution is 5.98. The van der Waals surface area contributed by atoms with Crippen molar-refractivity contribution in [2.24, 2.45) is 0 Å². The van der Waals surface area contributed by atoms with Crippen molar-refractivity contribution in [1.29, 1.82) is 5.26 Å². The van der Waals surface area contributed by atoms with E-state index in [0.717, 1.165) is 0 Å². The van der Waals surface area contributed by atoms with Gasteiger partial charge in [-0.1, -0.05) is 30.2 Å². The van der Waals surface area contributed by atoms with Crippen LogP contribution in [0.15, 0.2) is 54.6 Å². The van der Waals surface area contributed by atoms with Gasteiger partial charge in [0.05, 0.1) is 18.2 Å². The molecule has 128 valence electrons. The highest BCUT2D eigenvalue weighted by atomic mass is 16.2. The Morgan fingerprint density at radius 1 is 1.23 bits per heavy atom. The van der Waals surface area contributed by atoms with Crippen molar-refractivity contribution in [1.82, 2.24) is 4.90 Å². The summed E-state index contributed by atoms with van der Waals surface area (Å²) in [5, 5.41) is 11.7. The summed E-state index contributed by atoms with van der Waals surface area (Å²) in [6.45, 7) is -0.108. The molecule has 0 bridgehead atoms. The lowest BCUT2D eigenvalue weighted by Gasteiger charge is -2.15. The van der Waals surface area contributed by atoms with E-state index in [-0.39, 0.29) is 18.4 Å². The fourth-order valence-electron chi connectivity index (χ4n) is 2.21. The van der Waals surface area contributed by atoms with Gasteiger partial charge in [-0.3, -0.25) is 9.59 Å². The van der Waals surface area contributed by atoms with Crippen molar-refractivity contribution in [3.63, 3.8) is 0 Å². The van der Waals surface area contributed by atoms with Crippen LogP contribution in [0, 0.1) is 23.7 Å². The predicted molar refractivity (Wildman–Crippen MR) is 101 cm³/mol. The number of benzene rings is 2. The van der Waals surface area contributed by atoms with Crippen molar-refractivity contribution in [2.45, 2.75) is 0 Å². The van der Waals surface area contributed by atoms with E-state index in [9.17, 15) is 9.59 Å². The van der Waals surface area contributed by atoms with Crippen LogP contribution >= 0.6 is 0 Å². The quantitative estimate of drug-likeness (QED) is 0.670. The SMILES string of the molecule is C#Cc1cccc(NC(=O)CN(C)C(=O)/C=C/c2ccccc2C#N)c1. The molecule has 5 nitrogen and oxygen atoms in total. The molecule has 5 heteroatoms. The summed E-state index contributed by atoms with van der Waals surface area (Å²) >= 11 is 0. The van der Waals surface area contributed by atoms with Crippen LogP contribution in [-0.2, 0) is 9.59 Å². The molecule has 0 fully saturated rings. The number of hydrogen-bond acceptors (Lipinski definition) is 3. The molecule has 0 saturated carbocycles. The Morgan fingerprint density at radius 2 is 2.00 bits per heavy atom. The van der Waals surface area contributed by atoms with Crippen LogP contribution in [0.4, 0.5) is 5.69 Å². The normalized spacial score (nSPS) is 9.96. The third-order valence-corrected chi connectivity index (χ3v) is 3.56. The number of likely N-dealkylation sites (N-methyl/N-ethyl adjacent to an activating group) is 1. The Labute approximate surface area is 152 Å². The number of carbonyl (C=O) groups is 2. The summed E-state index contributed by atoms with van der Waals surface area (Å²) in [5.41, 5.74) is 2.36. The van der Waals surface area contributed by atoms with Gasteiger partial charge in [0.15, 0.2) is 0 Å². The maximum atomic E-state index is 12.2. The van der Waals surface area contributed by atoms with Gasteiger partial charge in [-0.2, -0.15) is 5.26 Å². The number of nitrogens with one attached hydrogen (secondary N) is 1. The summed E-state index contributed by atoms with van der Waals surface area (Å²) in [7, 11) is 1.53. The largest absolute Gasteiger partial charge is 0.333 e. The minimum Gasteiger partial charge on any atom is -0.333 e. The second-order valence-corrected chi connectivity index (χ2v) is 5.50. The minimum atomic E-state index is -0.342. The maximum absolute atomic E-state index is 12.2. The number of anilines is 1. The summed E-state index contributed by atoms with van der Waals surface area (Å²) in [6.07, 6.45) is 8.23. The van der Waals surface area contributed by atoms with E-state index in [1.807, 2.05) is 0 Å². The van der Waals surface area contributed by atoms with Gasteiger partial charge < -0.3 is 10.2 Å². The summed E-state index contributed by atoms with van der Waals surface area (Å²) in [6, 6.07) is 15.9. The standard InChI is InChI=1S/C21H17N3O2/c1-3-16-7-6-10-19(13-16)23-20(25)15-24(2)21(26)12-11-17-8-4-5-9-18(17)14-22/h1,4-13H,15H2,2H3,(H,23,25)/b12-11+. The topological polar surface area (TPSA) is 73.2 Å². The molecular weight excluding hydrogens is 326 g/mol. The first kappa shape index (κ1) is 18.5. The lowest BCUT2D eigenvalue weighted by molar-refractivity contribution is -0.129. The van der Waals surface area contributed by atoms with Crippen LogP contribution in [-0.4, -0.2) is 30.3 Å². The van der Waals surface area contributed by atoms with Crippen molar-refractivity contribution in [3.05, 3.63) is 71.3 Å². The van der Waals surface area contributed by atoms with Gasteiger partial charge in [0, 0.05) is 24.4 Å². The van der Waals surface area contributed by atoms with E-state index >= 15 is 0 Å². The molecule has 0 radical (unpaired) electrons. The molecule has 2 amide bonds. The molecule has 1 N–H and O–H groups in total. The molecule has 0 aliphatic rings. The average Bonchev–Trinajstić information content (AvgIpc) is 2.66. The zero-order valence-electron chi connectivity index (χ0n) is 14.3. The third kappa shape index (κ3) is 5.09. The molecular formula is C21H17N3O2. The molecule has 0 saturated heterocycles. The van der Waals surface area contributed by atoms with E-state index in [0.29, 0.717) is 22.4 Å². The van der Waals surface area contributed by atoms with Gasteiger partial charge in [0.1, 0.15) is 0 Å². The molecule has 0 aliphatic heterocycles. The van der Waals surface area contributed by atoms with E-state index in [1.165, 1.54) is 18.0 Å². The fraction of sp³-hybridized carbons (Fsp3) is 0.0952. The molecule has 2 aromatic carbocycles. The summed E-state index contributed by atoms with van der Waals surface area (Å²) < 4.78 is 0. The van der Waals surface area contributed by atoms with Crippen LogP contribution in [0.5, 0.6) is 0 Å². The van der Waals surface area contributed by atoms with Gasteiger partial charge in [0.2, 0.25) is 11.8 Å². The van der Waals surface area contributed by atoms with Gasteiger partial charge in [-0.25, -0.2) is 0 Å². The average molecular weight is 343 g/mol. The van der Waals surface area contributed by atoms with Gasteiger partial charge >= 0.3 is 0 Å². The van der Waals surface area contributed by atoms with Crippen LogP contribution in [0.3, 0.4) is 0 Å². The number of amides is 2. The minimum absolute atomic E-state index is 0.108. The third-order valence-electron chi connectivity index (χ3n) is 3.56. The maximum Gasteiger partial charge on any atom is 0.246 e. The lowest BCUT2D eigenvalue weighted by atomic mass is 10.1. The Bertz CT molecular complexity index is 933. The molecule has 0 unspecified atom stereocenters. The van der Waals surface area contributed by atoms with Crippen molar-refractivity contribution in [3.8, 4) is 18.4 Å². The van der Waals surface area contributed by atoms with Crippen molar-refractivity contribution >= 4 is 23.6 Å². The second-order valence-electron chi connectivity index (χ2n) is 5.50. The Hall–Kier alpha value is -3.83. The van der Waals surface area contributed by atoms with E-state index in [4.69, 9.17) is 11.7 Å². The highest BCUT2D eigenvalue weighted by Crippen LogP contribution is 2.11. The highest BCUT2D eigenvalue weighted by Gasteiger charge is 2.11. The van der Waals surface area contributed by atoms with Crippen LogP contribution in [0.25, 0.3) is 6.08 Å². The lowest BCUT2D eigenvalue weighted by Crippen LogP contribution is -2.33. The van der Waals surface area contributed by atoms with E-state index in [2.05, 4.69) is 17.3 Å². The Balaban J connectivity index is 1.96. The fourth-order valence-corrected chi connectivity index (χ4v) is 2.21. The molecule has 2 aromatic rings. The number of nitrogens with zero attached hydrogens (tertiary/aromatic N) is 2. The van der Waals surface area contributed by atoms with Crippen molar-refractivity contribution < 1.29 is 9.59 Å². The van der Waals surface area contributed by atoms with Gasteiger partial charge in [0.25, 0.3) is 0 Å². The molecule has 26 heavy (non-hydrogen) atoms. The van der Waals surface area contributed by atoms with Crippen LogP contribution in [0.2, 0.25) is 0 Å². The zero-order valence-corrected chi connectivity index (χ0v) is 14.3. The molecule has 0 aromatic heterocycles. The molecule has 0 spiro atoms. The first-order chi connectivity index (χ1) is 12.5. The number of hydrogen-bond donors (Lipinski definition) is 1. The first-order valence-electron chi connectivity index (χ1n) is 7.82.